The Kier molecular flexibility index (Phi) is 16.9. The number of rotatable bonds is 19. The summed E-state index contributed by atoms with van der Waals surface area (Å²) in [5.41, 5.74) is 0.650. The quantitative estimate of drug-likeness (QED) is 0.163. The first-order valence-corrected chi connectivity index (χ1v) is 17.7. The molecule has 1 aromatic rings. The minimum Gasteiger partial charge on any atom is -0.389 e. The van der Waals surface area contributed by atoms with Crippen molar-refractivity contribution in [2.45, 2.75) is 88.3 Å². The number of hydrogen-bond donors (Lipinski definition) is 4. The van der Waals surface area contributed by atoms with Crippen LogP contribution in [0.15, 0.2) is 30.3 Å². The number of aliphatic hydroxyl groups is 2. The van der Waals surface area contributed by atoms with Gasteiger partial charge in [0.05, 0.1) is 30.4 Å². The molecule has 1 fully saturated rings. The molecule has 2 rings (SSSR count). The number of amides is 2. The molecule has 268 valence electrons. The minimum atomic E-state index is -4.44. The number of terminal acetylenes is 2. The fourth-order valence-corrected chi connectivity index (χ4v) is 7.21. The van der Waals surface area contributed by atoms with E-state index in [2.05, 4.69) is 22.5 Å². The number of hydrogen-bond acceptors (Lipinski definition) is 7. The van der Waals surface area contributed by atoms with Gasteiger partial charge in [-0.05, 0) is 31.4 Å². The number of alkyl halides is 3. The van der Waals surface area contributed by atoms with Gasteiger partial charge in [-0.1, -0.05) is 62.4 Å². The summed E-state index contributed by atoms with van der Waals surface area (Å²) in [6, 6.07) is 6.46. The maximum Gasteiger partial charge on any atom is 0.401 e. The average Bonchev–Trinajstić information content (AvgIpc) is 3.02. The third-order valence-corrected chi connectivity index (χ3v) is 10.5. The maximum absolute atomic E-state index is 13.7. The van der Waals surface area contributed by atoms with E-state index in [1.807, 2.05) is 0 Å². The van der Waals surface area contributed by atoms with Crippen molar-refractivity contribution in [3.8, 4) is 24.7 Å². The first kappa shape index (κ1) is 41.0. The topological polar surface area (TPSA) is 139 Å². The Balaban J connectivity index is 2.24. The predicted octanol–water partition coefficient (Wildman–Crippen LogP) is 2.31. The lowest BCUT2D eigenvalue weighted by molar-refractivity contribution is -0.143. The van der Waals surface area contributed by atoms with Gasteiger partial charge in [-0.2, -0.15) is 13.2 Å². The average molecular weight is 699 g/mol. The summed E-state index contributed by atoms with van der Waals surface area (Å²) in [6.07, 6.45) is 8.65. The second kappa shape index (κ2) is 19.8. The number of benzene rings is 1. The van der Waals surface area contributed by atoms with Crippen LogP contribution in [0.4, 0.5) is 13.2 Å². The number of sulfonamides is 1. The highest BCUT2D eigenvalue weighted by atomic mass is 32.2. The van der Waals surface area contributed by atoms with E-state index in [9.17, 15) is 41.4 Å². The summed E-state index contributed by atoms with van der Waals surface area (Å²) in [7, 11) is -1.69. The second-order valence-corrected chi connectivity index (χ2v) is 14.8. The lowest BCUT2D eigenvalue weighted by atomic mass is 9.82. The van der Waals surface area contributed by atoms with E-state index in [4.69, 9.17) is 12.8 Å². The van der Waals surface area contributed by atoms with Crippen LogP contribution >= 0.6 is 0 Å². The number of nitrogens with one attached hydrogen (secondary N) is 2. The van der Waals surface area contributed by atoms with E-state index >= 15 is 0 Å². The van der Waals surface area contributed by atoms with E-state index < -0.39 is 70.5 Å². The Morgan fingerprint density at radius 2 is 1.60 bits per heavy atom. The molecule has 1 saturated carbocycles. The monoisotopic (exact) mass is 698 g/mol. The lowest BCUT2D eigenvalue weighted by Gasteiger charge is -2.33. The van der Waals surface area contributed by atoms with Gasteiger partial charge < -0.3 is 20.8 Å². The van der Waals surface area contributed by atoms with Crippen LogP contribution in [-0.4, -0.2) is 110 Å². The Labute approximate surface area is 282 Å². The largest absolute Gasteiger partial charge is 0.401 e. The molecule has 10 nitrogen and oxygen atoms in total. The molecule has 1 aliphatic carbocycles. The van der Waals surface area contributed by atoms with Gasteiger partial charge in [-0.15, -0.1) is 24.7 Å². The molecule has 0 saturated heterocycles. The SMILES string of the molecule is C#CCC(O)[C@H](O)C(CC1CCCCC1)NC(=O)[C@H](CC#C)NC(=O)C(Cc1ccccc1)CS(=O)(=O)N(C)CCN(C)CC(F)(F)F. The van der Waals surface area contributed by atoms with Crippen LogP contribution in [-0.2, 0) is 26.0 Å². The van der Waals surface area contributed by atoms with Gasteiger partial charge in [-0.3, -0.25) is 14.5 Å². The number of nitrogens with zero attached hydrogens (tertiary/aromatic N) is 2. The van der Waals surface area contributed by atoms with E-state index in [1.54, 1.807) is 30.3 Å². The highest BCUT2D eigenvalue weighted by molar-refractivity contribution is 7.89. The summed E-state index contributed by atoms with van der Waals surface area (Å²) in [6.45, 7) is -1.65. The van der Waals surface area contributed by atoms with Crippen molar-refractivity contribution in [1.82, 2.24) is 19.8 Å². The Hall–Kier alpha value is -3.14. The summed E-state index contributed by atoms with van der Waals surface area (Å²) >= 11 is 0. The number of halogens is 3. The van der Waals surface area contributed by atoms with Gasteiger partial charge in [0.15, 0.2) is 0 Å². The first-order chi connectivity index (χ1) is 22.6. The summed E-state index contributed by atoms with van der Waals surface area (Å²) in [5, 5.41) is 26.7. The molecular formula is C34H49F3N4O6S. The zero-order valence-electron chi connectivity index (χ0n) is 27.7. The Morgan fingerprint density at radius 1 is 0.979 bits per heavy atom. The molecule has 2 amide bonds. The van der Waals surface area contributed by atoms with Crippen LogP contribution in [0.5, 0.6) is 0 Å². The number of carbonyl (C=O) groups excluding carboxylic acids is 2. The standard InChI is InChI=1S/C34H49F3N4O6S/c1-5-13-28(33(45)39-29(31(43)30(42)14-6-2)22-26-17-11-8-12-18-26)38-32(44)27(21-25-15-9-7-10-16-25)23-48(46,47)41(4)20-19-40(3)24-34(35,36)37/h1-2,7,9-10,15-16,26-31,42-43H,8,11-14,17-24H2,3-4H3,(H,38,44)(H,39,45)/t27?,28-,29?,30?,31+/m0/s1. The molecule has 0 radical (unpaired) electrons. The molecular weight excluding hydrogens is 649 g/mol. The number of aliphatic hydroxyl groups excluding tert-OH is 2. The lowest BCUT2D eigenvalue weighted by Crippen LogP contribution is -2.56. The van der Waals surface area contributed by atoms with Gasteiger partial charge in [-0.25, -0.2) is 12.7 Å². The second-order valence-electron chi connectivity index (χ2n) is 12.6. The number of likely N-dealkylation sites (N-methyl/N-ethyl adjacent to an activating group) is 2. The zero-order valence-corrected chi connectivity index (χ0v) is 28.5. The fourth-order valence-electron chi connectivity index (χ4n) is 5.82. The molecule has 3 unspecified atom stereocenters. The first-order valence-electron chi connectivity index (χ1n) is 16.1. The third-order valence-electron chi connectivity index (χ3n) is 8.56. The predicted molar refractivity (Wildman–Crippen MR) is 178 cm³/mol. The van der Waals surface area contributed by atoms with Gasteiger partial charge in [0.2, 0.25) is 21.8 Å². The summed E-state index contributed by atoms with van der Waals surface area (Å²) in [5.74, 6) is 1.51. The van der Waals surface area contributed by atoms with Crippen LogP contribution in [0.2, 0.25) is 0 Å². The van der Waals surface area contributed by atoms with Crippen molar-refractivity contribution in [2.24, 2.45) is 11.8 Å². The van der Waals surface area contributed by atoms with Crippen molar-refractivity contribution in [1.29, 1.82) is 0 Å². The van der Waals surface area contributed by atoms with E-state index in [0.717, 1.165) is 41.3 Å². The van der Waals surface area contributed by atoms with Crippen molar-refractivity contribution in [3.63, 3.8) is 0 Å². The molecule has 0 aromatic heterocycles. The zero-order chi connectivity index (χ0) is 35.9. The van der Waals surface area contributed by atoms with Gasteiger partial charge in [0.1, 0.15) is 12.1 Å². The molecule has 0 heterocycles. The van der Waals surface area contributed by atoms with Crippen LogP contribution in [0.25, 0.3) is 0 Å². The van der Waals surface area contributed by atoms with Crippen LogP contribution < -0.4 is 10.6 Å². The molecule has 5 atom stereocenters. The van der Waals surface area contributed by atoms with Gasteiger partial charge >= 0.3 is 6.18 Å². The summed E-state index contributed by atoms with van der Waals surface area (Å²) in [4.78, 5) is 28.2. The van der Waals surface area contributed by atoms with E-state index in [-0.39, 0.29) is 38.3 Å². The molecule has 1 aliphatic rings. The third kappa shape index (κ3) is 14.5. The van der Waals surface area contributed by atoms with E-state index in [0.29, 0.717) is 12.0 Å². The fraction of sp³-hybridized carbons (Fsp3) is 0.647. The van der Waals surface area contributed by atoms with Gasteiger partial charge in [0, 0.05) is 33.0 Å². The molecule has 1 aromatic carbocycles. The molecule has 0 bridgehead atoms. The van der Waals surface area contributed by atoms with Gasteiger partial charge in [0.25, 0.3) is 0 Å². The summed E-state index contributed by atoms with van der Waals surface area (Å²) < 4.78 is 65.8. The highest BCUT2D eigenvalue weighted by Gasteiger charge is 2.35. The van der Waals surface area contributed by atoms with Crippen LogP contribution in [0.1, 0.15) is 56.9 Å². The van der Waals surface area contributed by atoms with Crippen molar-refractivity contribution in [3.05, 3.63) is 35.9 Å². The number of carbonyl (C=O) groups is 2. The highest BCUT2D eigenvalue weighted by Crippen LogP contribution is 2.29. The molecule has 0 spiro atoms. The molecule has 14 heteroatoms. The van der Waals surface area contributed by atoms with Crippen LogP contribution in [0.3, 0.4) is 0 Å². The maximum atomic E-state index is 13.7. The molecule has 4 N–H and O–H groups in total. The van der Waals surface area contributed by atoms with E-state index in [1.165, 1.54) is 14.1 Å². The molecule has 0 aliphatic heterocycles. The van der Waals surface area contributed by atoms with Crippen molar-refractivity contribution < 1.29 is 41.4 Å². The molecule has 48 heavy (non-hydrogen) atoms. The Bertz CT molecular complexity index is 1340. The van der Waals surface area contributed by atoms with Crippen molar-refractivity contribution in [2.75, 3.05) is 39.5 Å². The minimum absolute atomic E-state index is 0.0145. The van der Waals surface area contributed by atoms with Crippen molar-refractivity contribution >= 4 is 21.8 Å². The smallest absolute Gasteiger partial charge is 0.389 e. The Morgan fingerprint density at radius 3 is 2.19 bits per heavy atom. The van der Waals surface area contributed by atoms with Crippen LogP contribution in [0, 0.1) is 36.5 Å². The normalized spacial score (nSPS) is 17.5.